The Morgan fingerprint density at radius 3 is 2.29 bits per heavy atom. The molecule has 0 aliphatic rings. The molecule has 0 aliphatic heterocycles. The molecule has 5 heteroatoms. The van der Waals surface area contributed by atoms with Crippen LogP contribution in [0.3, 0.4) is 0 Å². The predicted octanol–water partition coefficient (Wildman–Crippen LogP) is 2.44. The van der Waals surface area contributed by atoms with Crippen molar-refractivity contribution in [2.45, 2.75) is 13.5 Å². The Kier molecular flexibility index (Phi) is 3.41. The second-order valence-electron chi connectivity index (χ2n) is 4.84. The second-order valence-corrected chi connectivity index (χ2v) is 4.84. The summed E-state index contributed by atoms with van der Waals surface area (Å²) in [5, 5.41) is 27.0. The zero-order valence-electron chi connectivity index (χ0n) is 11.6. The molecule has 2 N–H and O–H groups in total. The first-order valence-electron chi connectivity index (χ1n) is 6.61. The fourth-order valence-electron chi connectivity index (χ4n) is 2.19. The van der Waals surface area contributed by atoms with Gasteiger partial charge in [-0.25, -0.2) is 4.68 Å². The quantitative estimate of drug-likeness (QED) is 0.773. The highest BCUT2D eigenvalue weighted by atomic mass is 16.3. The number of aromatic hydroxyl groups is 1. The molecule has 3 rings (SSSR count). The molecule has 0 spiro atoms. The Labute approximate surface area is 122 Å². The van der Waals surface area contributed by atoms with Crippen LogP contribution < -0.4 is 0 Å². The topological polar surface area (TPSA) is 71.2 Å². The monoisotopic (exact) mass is 281 g/mol. The van der Waals surface area contributed by atoms with E-state index in [9.17, 15) is 10.2 Å². The van der Waals surface area contributed by atoms with Crippen molar-refractivity contribution in [2.24, 2.45) is 0 Å². The van der Waals surface area contributed by atoms with Gasteiger partial charge < -0.3 is 10.2 Å². The second kappa shape index (κ2) is 5.38. The number of aliphatic hydroxyl groups is 1. The van der Waals surface area contributed by atoms with Gasteiger partial charge in [0.05, 0.1) is 12.3 Å². The van der Waals surface area contributed by atoms with Gasteiger partial charge in [0.1, 0.15) is 17.1 Å². The lowest BCUT2D eigenvalue weighted by molar-refractivity contribution is 0.277. The number of aryl methyl sites for hydroxylation is 1. The van der Waals surface area contributed by atoms with Gasteiger partial charge in [-0.2, -0.15) is 0 Å². The van der Waals surface area contributed by atoms with Crippen LogP contribution in [0.5, 0.6) is 5.75 Å². The maximum absolute atomic E-state index is 9.48. The number of nitrogens with zero attached hydrogens (tertiary/aromatic N) is 3. The summed E-state index contributed by atoms with van der Waals surface area (Å²) in [5.74, 6) is 0.193. The first-order valence-corrected chi connectivity index (χ1v) is 6.61. The number of benzene rings is 2. The fraction of sp³-hybridized carbons (Fsp3) is 0.125. The largest absolute Gasteiger partial charge is 0.508 e. The number of rotatable bonds is 3. The average molecular weight is 281 g/mol. The van der Waals surface area contributed by atoms with Crippen molar-refractivity contribution in [1.82, 2.24) is 15.0 Å². The molecule has 1 heterocycles. The standard InChI is InChI=1S/C16H15N3O2/c1-11-2-4-12(5-3-11)16-15(10-20)17-18-19(16)13-6-8-14(21)9-7-13/h2-9,20-21H,10H2,1H3. The molecule has 1 aromatic heterocycles. The third-order valence-electron chi connectivity index (χ3n) is 3.31. The maximum Gasteiger partial charge on any atom is 0.117 e. The highest BCUT2D eigenvalue weighted by Gasteiger charge is 2.15. The molecule has 0 unspecified atom stereocenters. The Bertz CT molecular complexity index is 746. The van der Waals surface area contributed by atoms with Crippen LogP contribution in [0, 0.1) is 6.92 Å². The molecule has 5 nitrogen and oxygen atoms in total. The molecule has 0 saturated heterocycles. The summed E-state index contributed by atoms with van der Waals surface area (Å²) < 4.78 is 1.66. The van der Waals surface area contributed by atoms with Crippen LogP contribution in [-0.2, 0) is 6.61 Å². The first-order chi connectivity index (χ1) is 10.2. The van der Waals surface area contributed by atoms with E-state index in [4.69, 9.17) is 0 Å². The van der Waals surface area contributed by atoms with E-state index in [2.05, 4.69) is 10.3 Å². The molecule has 0 amide bonds. The van der Waals surface area contributed by atoms with Gasteiger partial charge in [0, 0.05) is 5.56 Å². The molecule has 0 fully saturated rings. The summed E-state index contributed by atoms with van der Waals surface area (Å²) in [4.78, 5) is 0. The van der Waals surface area contributed by atoms with Crippen molar-refractivity contribution in [3.8, 4) is 22.7 Å². The zero-order valence-corrected chi connectivity index (χ0v) is 11.6. The molecule has 0 aliphatic carbocycles. The van der Waals surface area contributed by atoms with Gasteiger partial charge in [-0.1, -0.05) is 35.0 Å². The van der Waals surface area contributed by atoms with Gasteiger partial charge in [-0.15, -0.1) is 5.10 Å². The molecule has 2 aromatic carbocycles. The number of hydrogen-bond acceptors (Lipinski definition) is 4. The number of phenolic OH excluding ortho intramolecular Hbond substituents is 1. The summed E-state index contributed by atoms with van der Waals surface area (Å²) in [6.45, 7) is 1.84. The van der Waals surface area contributed by atoms with Crippen molar-refractivity contribution in [3.05, 3.63) is 59.8 Å². The van der Waals surface area contributed by atoms with E-state index in [-0.39, 0.29) is 12.4 Å². The summed E-state index contributed by atoms with van der Waals surface area (Å²) in [6, 6.07) is 14.7. The van der Waals surface area contributed by atoms with Crippen molar-refractivity contribution >= 4 is 0 Å². The van der Waals surface area contributed by atoms with Crippen LogP contribution in [-0.4, -0.2) is 25.2 Å². The van der Waals surface area contributed by atoms with E-state index in [1.54, 1.807) is 28.9 Å². The Morgan fingerprint density at radius 2 is 1.67 bits per heavy atom. The summed E-state index contributed by atoms with van der Waals surface area (Å²) in [7, 11) is 0. The van der Waals surface area contributed by atoms with Crippen LogP contribution in [0.2, 0.25) is 0 Å². The molecule has 3 aromatic rings. The number of aromatic nitrogens is 3. The lowest BCUT2D eigenvalue weighted by atomic mass is 10.1. The highest BCUT2D eigenvalue weighted by molar-refractivity contribution is 5.64. The summed E-state index contributed by atoms with van der Waals surface area (Å²) in [6.07, 6.45) is 0. The van der Waals surface area contributed by atoms with Gasteiger partial charge in [-0.3, -0.25) is 0 Å². The Balaban J connectivity index is 2.16. The van der Waals surface area contributed by atoms with E-state index < -0.39 is 0 Å². The van der Waals surface area contributed by atoms with Gasteiger partial charge in [0.25, 0.3) is 0 Å². The van der Waals surface area contributed by atoms with Crippen LogP contribution in [0.25, 0.3) is 16.9 Å². The Hall–Kier alpha value is -2.66. The lowest BCUT2D eigenvalue weighted by Gasteiger charge is -2.08. The predicted molar refractivity (Wildman–Crippen MR) is 79.1 cm³/mol. The van der Waals surface area contributed by atoms with Gasteiger partial charge in [-0.05, 0) is 31.2 Å². The van der Waals surface area contributed by atoms with E-state index in [1.807, 2.05) is 31.2 Å². The van der Waals surface area contributed by atoms with Crippen molar-refractivity contribution in [1.29, 1.82) is 0 Å². The van der Waals surface area contributed by atoms with E-state index in [0.717, 1.165) is 22.5 Å². The number of phenols is 1. The normalized spacial score (nSPS) is 10.8. The van der Waals surface area contributed by atoms with E-state index >= 15 is 0 Å². The minimum Gasteiger partial charge on any atom is -0.508 e. The SMILES string of the molecule is Cc1ccc(-c2c(CO)nnn2-c2ccc(O)cc2)cc1. The fourth-order valence-corrected chi connectivity index (χ4v) is 2.19. The van der Waals surface area contributed by atoms with E-state index in [0.29, 0.717) is 5.69 Å². The zero-order chi connectivity index (χ0) is 14.8. The molecular formula is C16H15N3O2. The van der Waals surface area contributed by atoms with Crippen LogP contribution in [0.1, 0.15) is 11.3 Å². The average Bonchev–Trinajstić information content (AvgIpc) is 2.93. The minimum atomic E-state index is -0.179. The van der Waals surface area contributed by atoms with Gasteiger partial charge >= 0.3 is 0 Å². The molecule has 0 bridgehead atoms. The third kappa shape index (κ3) is 2.51. The van der Waals surface area contributed by atoms with Crippen LogP contribution in [0.4, 0.5) is 0 Å². The Morgan fingerprint density at radius 1 is 1.00 bits per heavy atom. The number of hydrogen-bond donors (Lipinski definition) is 2. The van der Waals surface area contributed by atoms with Crippen molar-refractivity contribution in [3.63, 3.8) is 0 Å². The first kappa shape index (κ1) is 13.3. The summed E-state index contributed by atoms with van der Waals surface area (Å²) in [5.41, 5.74) is 4.14. The molecule has 21 heavy (non-hydrogen) atoms. The minimum absolute atomic E-state index is 0.179. The highest BCUT2D eigenvalue weighted by Crippen LogP contribution is 2.26. The summed E-state index contributed by atoms with van der Waals surface area (Å²) >= 11 is 0. The molecule has 0 radical (unpaired) electrons. The van der Waals surface area contributed by atoms with Gasteiger partial charge in [0.2, 0.25) is 0 Å². The molecule has 106 valence electrons. The number of aliphatic hydroxyl groups excluding tert-OH is 1. The van der Waals surface area contributed by atoms with Crippen LogP contribution >= 0.6 is 0 Å². The van der Waals surface area contributed by atoms with E-state index in [1.165, 1.54) is 0 Å². The van der Waals surface area contributed by atoms with Crippen LogP contribution in [0.15, 0.2) is 48.5 Å². The lowest BCUT2D eigenvalue weighted by Crippen LogP contribution is -2.00. The maximum atomic E-state index is 9.48. The smallest absolute Gasteiger partial charge is 0.117 e. The molecular weight excluding hydrogens is 266 g/mol. The molecule has 0 saturated carbocycles. The van der Waals surface area contributed by atoms with Crippen molar-refractivity contribution in [2.75, 3.05) is 0 Å². The molecule has 0 atom stereocenters. The van der Waals surface area contributed by atoms with Crippen molar-refractivity contribution < 1.29 is 10.2 Å². The van der Waals surface area contributed by atoms with Gasteiger partial charge in [0.15, 0.2) is 0 Å². The third-order valence-corrected chi connectivity index (χ3v) is 3.31.